The standard InChI is InChI=1S/C19H28O/c1-5-19-11-7-6-8-15(19)18(4)12-10-16(20)17(2,3)14(18)9-13-19/h5,8,14H,1,6-7,9-13H2,2-4H3/t14?,18?,19-/m1/s1. The lowest BCUT2D eigenvalue weighted by Gasteiger charge is -2.60. The first kappa shape index (κ1) is 14.1. The van der Waals surface area contributed by atoms with Crippen molar-refractivity contribution in [1.82, 2.24) is 0 Å². The first-order valence-corrected chi connectivity index (χ1v) is 8.25. The lowest BCUT2D eigenvalue weighted by Crippen LogP contribution is -2.54. The molecule has 20 heavy (non-hydrogen) atoms. The van der Waals surface area contributed by atoms with Gasteiger partial charge in [-0.3, -0.25) is 4.79 Å². The Morgan fingerprint density at radius 1 is 1.25 bits per heavy atom. The molecule has 2 saturated carbocycles. The predicted molar refractivity (Wildman–Crippen MR) is 83.4 cm³/mol. The highest BCUT2D eigenvalue weighted by Crippen LogP contribution is 2.65. The SMILES string of the molecule is C=C[C@]12CCCC=C1C1(C)CCC(=O)C(C)(C)C1CC2. The third kappa shape index (κ3) is 1.64. The third-order valence-corrected chi connectivity index (χ3v) is 6.83. The Bertz CT molecular complexity index is 484. The van der Waals surface area contributed by atoms with Gasteiger partial charge in [-0.25, -0.2) is 0 Å². The first-order chi connectivity index (χ1) is 9.37. The maximum absolute atomic E-state index is 12.4. The fraction of sp³-hybridized carbons (Fsp3) is 0.737. The molecule has 1 heteroatoms. The highest BCUT2D eigenvalue weighted by molar-refractivity contribution is 5.85. The zero-order valence-corrected chi connectivity index (χ0v) is 13.3. The Balaban J connectivity index is 2.09. The fourth-order valence-electron chi connectivity index (χ4n) is 5.64. The summed E-state index contributed by atoms with van der Waals surface area (Å²) in [5.74, 6) is 0.983. The molecule has 0 amide bonds. The lowest BCUT2D eigenvalue weighted by atomic mass is 9.44. The van der Waals surface area contributed by atoms with Crippen molar-refractivity contribution in [2.45, 2.75) is 65.7 Å². The zero-order chi connectivity index (χ0) is 14.6. The molecule has 0 bridgehead atoms. The summed E-state index contributed by atoms with van der Waals surface area (Å²) >= 11 is 0. The number of rotatable bonds is 1. The minimum Gasteiger partial charge on any atom is -0.299 e. The Hall–Kier alpha value is -0.850. The molecule has 0 radical (unpaired) electrons. The Labute approximate surface area is 123 Å². The van der Waals surface area contributed by atoms with Crippen molar-refractivity contribution in [2.75, 3.05) is 0 Å². The summed E-state index contributed by atoms with van der Waals surface area (Å²) in [6, 6.07) is 0. The van der Waals surface area contributed by atoms with Crippen LogP contribution < -0.4 is 0 Å². The molecule has 0 spiro atoms. The summed E-state index contributed by atoms with van der Waals surface area (Å²) in [4.78, 5) is 12.4. The number of Topliss-reactive ketones (excluding diaryl/α,β-unsaturated/α-hetero) is 1. The molecule has 110 valence electrons. The second-order valence-corrected chi connectivity index (χ2v) is 8.02. The number of allylic oxidation sites excluding steroid dienone is 3. The number of carbonyl (C=O) groups excluding carboxylic acids is 1. The van der Waals surface area contributed by atoms with Crippen molar-refractivity contribution in [3.8, 4) is 0 Å². The van der Waals surface area contributed by atoms with Crippen molar-refractivity contribution >= 4 is 5.78 Å². The number of hydrogen-bond donors (Lipinski definition) is 0. The van der Waals surface area contributed by atoms with Gasteiger partial charge in [0.15, 0.2) is 0 Å². The molecule has 0 N–H and O–H groups in total. The van der Waals surface area contributed by atoms with Gasteiger partial charge in [0.25, 0.3) is 0 Å². The average Bonchev–Trinajstić information content (AvgIpc) is 2.43. The third-order valence-electron chi connectivity index (χ3n) is 6.83. The van der Waals surface area contributed by atoms with E-state index in [1.54, 1.807) is 5.57 Å². The van der Waals surface area contributed by atoms with Gasteiger partial charge in [0.1, 0.15) is 5.78 Å². The topological polar surface area (TPSA) is 17.1 Å². The lowest BCUT2D eigenvalue weighted by molar-refractivity contribution is -0.141. The Morgan fingerprint density at radius 3 is 2.70 bits per heavy atom. The summed E-state index contributed by atoms with van der Waals surface area (Å²) in [6.07, 6.45) is 12.7. The van der Waals surface area contributed by atoms with Crippen molar-refractivity contribution in [2.24, 2.45) is 22.2 Å². The molecule has 1 nitrogen and oxygen atoms in total. The predicted octanol–water partition coefficient (Wildman–Crippen LogP) is 5.07. The molecular formula is C19H28O. The zero-order valence-electron chi connectivity index (χ0n) is 13.3. The smallest absolute Gasteiger partial charge is 0.138 e. The molecule has 2 unspecified atom stereocenters. The van der Waals surface area contributed by atoms with Crippen LogP contribution in [0.4, 0.5) is 0 Å². The molecule has 3 aliphatic rings. The van der Waals surface area contributed by atoms with E-state index in [0.29, 0.717) is 11.7 Å². The van der Waals surface area contributed by atoms with Crippen LogP contribution >= 0.6 is 0 Å². The monoisotopic (exact) mass is 272 g/mol. The minimum absolute atomic E-state index is 0.154. The van der Waals surface area contributed by atoms with Gasteiger partial charge in [-0.15, -0.1) is 6.58 Å². The summed E-state index contributed by atoms with van der Waals surface area (Å²) in [5.41, 5.74) is 1.92. The van der Waals surface area contributed by atoms with Crippen LogP contribution in [-0.4, -0.2) is 5.78 Å². The van der Waals surface area contributed by atoms with E-state index in [1.165, 1.54) is 32.1 Å². The van der Waals surface area contributed by atoms with Gasteiger partial charge in [-0.1, -0.05) is 38.5 Å². The van der Waals surface area contributed by atoms with Crippen LogP contribution in [0.5, 0.6) is 0 Å². The molecule has 0 heterocycles. The fourth-order valence-corrected chi connectivity index (χ4v) is 5.64. The summed E-state index contributed by atoms with van der Waals surface area (Å²) < 4.78 is 0. The molecule has 0 aromatic rings. The molecule has 0 aliphatic heterocycles. The number of ketones is 1. The summed E-state index contributed by atoms with van der Waals surface area (Å²) in [7, 11) is 0. The van der Waals surface area contributed by atoms with Gasteiger partial charge in [-0.2, -0.15) is 0 Å². The van der Waals surface area contributed by atoms with E-state index in [0.717, 1.165) is 12.8 Å². The Morgan fingerprint density at radius 2 is 2.00 bits per heavy atom. The summed E-state index contributed by atoms with van der Waals surface area (Å²) in [5, 5.41) is 0. The molecule has 3 rings (SSSR count). The second-order valence-electron chi connectivity index (χ2n) is 8.02. The van der Waals surface area contributed by atoms with E-state index in [2.05, 4.69) is 39.5 Å². The number of carbonyl (C=O) groups is 1. The molecule has 0 aromatic carbocycles. The van der Waals surface area contributed by atoms with E-state index in [-0.39, 0.29) is 16.2 Å². The van der Waals surface area contributed by atoms with Gasteiger partial charge in [0, 0.05) is 17.3 Å². The molecule has 2 fully saturated rings. The van der Waals surface area contributed by atoms with E-state index >= 15 is 0 Å². The van der Waals surface area contributed by atoms with Crippen LogP contribution in [-0.2, 0) is 4.79 Å². The maximum atomic E-state index is 12.4. The van der Waals surface area contributed by atoms with E-state index in [4.69, 9.17) is 0 Å². The molecular weight excluding hydrogens is 244 g/mol. The number of hydrogen-bond acceptors (Lipinski definition) is 1. The van der Waals surface area contributed by atoms with Crippen molar-refractivity contribution < 1.29 is 4.79 Å². The highest BCUT2D eigenvalue weighted by Gasteiger charge is 2.58. The van der Waals surface area contributed by atoms with Crippen molar-refractivity contribution in [1.29, 1.82) is 0 Å². The van der Waals surface area contributed by atoms with Crippen LogP contribution in [0.3, 0.4) is 0 Å². The van der Waals surface area contributed by atoms with Crippen LogP contribution in [0.2, 0.25) is 0 Å². The second kappa shape index (κ2) is 4.32. The van der Waals surface area contributed by atoms with Gasteiger partial charge in [0.05, 0.1) is 0 Å². The highest BCUT2D eigenvalue weighted by atomic mass is 16.1. The van der Waals surface area contributed by atoms with E-state index in [9.17, 15) is 4.79 Å². The van der Waals surface area contributed by atoms with Crippen molar-refractivity contribution in [3.05, 3.63) is 24.3 Å². The van der Waals surface area contributed by atoms with Gasteiger partial charge >= 0.3 is 0 Å². The average molecular weight is 272 g/mol. The molecule has 3 atom stereocenters. The summed E-state index contributed by atoms with van der Waals surface area (Å²) in [6.45, 7) is 11.0. The molecule has 3 aliphatic carbocycles. The van der Waals surface area contributed by atoms with Crippen LogP contribution in [0.25, 0.3) is 0 Å². The largest absolute Gasteiger partial charge is 0.299 e. The van der Waals surface area contributed by atoms with Gasteiger partial charge in [-0.05, 0) is 49.9 Å². The normalized spacial score (nSPS) is 43.2. The molecule has 0 saturated heterocycles. The van der Waals surface area contributed by atoms with Crippen LogP contribution in [0.1, 0.15) is 65.7 Å². The van der Waals surface area contributed by atoms with Gasteiger partial charge in [0.2, 0.25) is 0 Å². The van der Waals surface area contributed by atoms with Gasteiger partial charge < -0.3 is 0 Å². The number of fused-ring (bicyclic) bond motifs is 3. The van der Waals surface area contributed by atoms with E-state index < -0.39 is 0 Å². The van der Waals surface area contributed by atoms with Crippen LogP contribution in [0.15, 0.2) is 24.3 Å². The quantitative estimate of drug-likeness (QED) is 0.609. The van der Waals surface area contributed by atoms with E-state index in [1.807, 2.05) is 0 Å². The minimum atomic E-state index is -0.154. The Kier molecular flexibility index (Phi) is 3.05. The first-order valence-electron chi connectivity index (χ1n) is 8.25. The molecule has 0 aromatic heterocycles. The maximum Gasteiger partial charge on any atom is 0.138 e. The van der Waals surface area contributed by atoms with Crippen LogP contribution in [0, 0.1) is 22.2 Å². The van der Waals surface area contributed by atoms with Crippen molar-refractivity contribution in [3.63, 3.8) is 0 Å².